The Morgan fingerprint density at radius 2 is 1.40 bits per heavy atom. The molecule has 2 nitrogen and oxygen atoms in total. The Morgan fingerprint density at radius 3 is 2.07 bits per heavy atom. The lowest BCUT2D eigenvalue weighted by Crippen LogP contribution is -2.36. The largest absolute Gasteiger partial charge is 0.363 e. The minimum atomic E-state index is 0.811. The van der Waals surface area contributed by atoms with Crippen LogP contribution in [-0.2, 0) is 0 Å². The van der Waals surface area contributed by atoms with Crippen LogP contribution in [0.25, 0.3) is 0 Å². The van der Waals surface area contributed by atoms with E-state index in [1.165, 1.54) is 38.5 Å². The van der Waals surface area contributed by atoms with Gasteiger partial charge in [-0.15, -0.1) is 0 Å². The number of nitrogens with one attached hydrogen (secondary N) is 2. The SMILES string of the molecule is CCCCCCCCNC(=S)NCCC. The van der Waals surface area contributed by atoms with Gasteiger partial charge in [0.05, 0.1) is 0 Å². The highest BCUT2D eigenvalue weighted by Gasteiger charge is 1.93. The third-order valence-corrected chi connectivity index (χ3v) is 2.64. The fourth-order valence-corrected chi connectivity index (χ4v) is 1.61. The van der Waals surface area contributed by atoms with Crippen molar-refractivity contribution in [1.82, 2.24) is 10.6 Å². The van der Waals surface area contributed by atoms with E-state index in [9.17, 15) is 0 Å². The first-order valence-corrected chi connectivity index (χ1v) is 6.73. The molecule has 0 unspecified atom stereocenters. The Bertz CT molecular complexity index is 149. The average Bonchev–Trinajstić information content (AvgIpc) is 2.25. The van der Waals surface area contributed by atoms with Gasteiger partial charge in [-0.3, -0.25) is 0 Å². The smallest absolute Gasteiger partial charge is 0.166 e. The fraction of sp³-hybridized carbons (Fsp3) is 0.917. The molecule has 0 aliphatic carbocycles. The number of hydrogen-bond acceptors (Lipinski definition) is 1. The molecular formula is C12H26N2S. The zero-order valence-electron chi connectivity index (χ0n) is 10.3. The van der Waals surface area contributed by atoms with Gasteiger partial charge < -0.3 is 10.6 Å². The van der Waals surface area contributed by atoms with Gasteiger partial charge in [-0.25, -0.2) is 0 Å². The van der Waals surface area contributed by atoms with Crippen molar-refractivity contribution >= 4 is 17.3 Å². The molecule has 90 valence electrons. The van der Waals surface area contributed by atoms with Crippen molar-refractivity contribution in [2.75, 3.05) is 13.1 Å². The molecule has 0 fully saturated rings. The van der Waals surface area contributed by atoms with Gasteiger partial charge in [-0.1, -0.05) is 46.0 Å². The molecule has 2 N–H and O–H groups in total. The summed E-state index contributed by atoms with van der Waals surface area (Å²) in [4.78, 5) is 0. The summed E-state index contributed by atoms with van der Waals surface area (Å²) in [5.41, 5.74) is 0. The summed E-state index contributed by atoms with van der Waals surface area (Å²) >= 11 is 5.12. The maximum absolute atomic E-state index is 5.12. The molecule has 0 aromatic rings. The first-order valence-electron chi connectivity index (χ1n) is 6.33. The average molecular weight is 230 g/mol. The van der Waals surface area contributed by atoms with Crippen LogP contribution in [0.15, 0.2) is 0 Å². The normalized spacial score (nSPS) is 10.0. The predicted molar refractivity (Wildman–Crippen MR) is 72.3 cm³/mol. The lowest BCUT2D eigenvalue weighted by Gasteiger charge is -2.09. The number of rotatable bonds is 9. The molecule has 0 saturated heterocycles. The minimum absolute atomic E-state index is 0.811. The van der Waals surface area contributed by atoms with E-state index in [-0.39, 0.29) is 0 Å². The molecule has 3 heteroatoms. The first kappa shape index (κ1) is 14.7. The highest BCUT2D eigenvalue weighted by Crippen LogP contribution is 2.03. The van der Waals surface area contributed by atoms with E-state index < -0.39 is 0 Å². The van der Waals surface area contributed by atoms with E-state index in [0.29, 0.717) is 0 Å². The summed E-state index contributed by atoms with van der Waals surface area (Å²) < 4.78 is 0. The molecule has 15 heavy (non-hydrogen) atoms. The molecule has 0 saturated carbocycles. The van der Waals surface area contributed by atoms with Gasteiger partial charge in [0.2, 0.25) is 0 Å². The van der Waals surface area contributed by atoms with E-state index >= 15 is 0 Å². The molecule has 0 atom stereocenters. The maximum Gasteiger partial charge on any atom is 0.166 e. The lowest BCUT2D eigenvalue weighted by molar-refractivity contribution is 0.601. The van der Waals surface area contributed by atoms with Crippen LogP contribution in [0, 0.1) is 0 Å². The van der Waals surface area contributed by atoms with Crippen LogP contribution in [0.5, 0.6) is 0 Å². The summed E-state index contributed by atoms with van der Waals surface area (Å²) in [5, 5.41) is 7.20. The Morgan fingerprint density at radius 1 is 0.800 bits per heavy atom. The summed E-state index contributed by atoms with van der Waals surface area (Å²) in [6.07, 6.45) is 9.13. The van der Waals surface area contributed by atoms with Gasteiger partial charge in [-0.2, -0.15) is 0 Å². The van der Waals surface area contributed by atoms with Crippen molar-refractivity contribution in [3.63, 3.8) is 0 Å². The van der Waals surface area contributed by atoms with Crippen molar-refractivity contribution in [3.05, 3.63) is 0 Å². The van der Waals surface area contributed by atoms with Crippen LogP contribution < -0.4 is 10.6 Å². The predicted octanol–water partition coefficient (Wildman–Crippen LogP) is 3.22. The van der Waals surface area contributed by atoms with Crippen molar-refractivity contribution in [3.8, 4) is 0 Å². The van der Waals surface area contributed by atoms with Crippen molar-refractivity contribution in [2.24, 2.45) is 0 Å². The Balaban J connectivity index is 3.06. The molecule has 0 aliphatic rings. The molecule has 0 amide bonds. The Kier molecular flexibility index (Phi) is 11.5. The molecule has 0 bridgehead atoms. The second kappa shape index (κ2) is 11.8. The number of hydrogen-bond donors (Lipinski definition) is 2. The van der Waals surface area contributed by atoms with Crippen LogP contribution in [0.1, 0.15) is 58.8 Å². The molecule has 0 spiro atoms. The highest BCUT2D eigenvalue weighted by molar-refractivity contribution is 7.80. The zero-order chi connectivity index (χ0) is 11.4. The molecule has 0 aromatic carbocycles. The standard InChI is InChI=1S/C12H26N2S/c1-3-5-6-7-8-9-11-14-12(15)13-10-4-2/h3-11H2,1-2H3,(H2,13,14,15). The lowest BCUT2D eigenvalue weighted by atomic mass is 10.1. The molecule has 0 heterocycles. The van der Waals surface area contributed by atoms with Crippen LogP contribution in [0.3, 0.4) is 0 Å². The van der Waals surface area contributed by atoms with Gasteiger partial charge >= 0.3 is 0 Å². The third kappa shape index (κ3) is 11.6. The maximum atomic E-state index is 5.12. The van der Waals surface area contributed by atoms with Gasteiger partial charge in [0.15, 0.2) is 5.11 Å². The van der Waals surface area contributed by atoms with Crippen LogP contribution in [0.4, 0.5) is 0 Å². The molecule has 0 radical (unpaired) electrons. The number of thiocarbonyl (C=S) groups is 1. The van der Waals surface area contributed by atoms with Crippen molar-refractivity contribution < 1.29 is 0 Å². The van der Waals surface area contributed by atoms with Crippen molar-refractivity contribution in [1.29, 1.82) is 0 Å². The van der Waals surface area contributed by atoms with E-state index in [1.807, 2.05) is 0 Å². The quantitative estimate of drug-likeness (QED) is 0.470. The summed E-state index contributed by atoms with van der Waals surface area (Å²) in [7, 11) is 0. The van der Waals surface area contributed by atoms with Crippen LogP contribution in [0.2, 0.25) is 0 Å². The van der Waals surface area contributed by atoms with Gasteiger partial charge in [0.1, 0.15) is 0 Å². The van der Waals surface area contributed by atoms with Gasteiger partial charge in [-0.05, 0) is 25.1 Å². The molecule has 0 rings (SSSR count). The monoisotopic (exact) mass is 230 g/mol. The summed E-state index contributed by atoms with van der Waals surface area (Å²) in [5.74, 6) is 0. The highest BCUT2D eigenvalue weighted by atomic mass is 32.1. The first-order chi connectivity index (χ1) is 7.31. The molecule has 0 aliphatic heterocycles. The molecular weight excluding hydrogens is 204 g/mol. The van der Waals surface area contributed by atoms with Crippen LogP contribution >= 0.6 is 12.2 Å². The van der Waals surface area contributed by atoms with Crippen LogP contribution in [-0.4, -0.2) is 18.2 Å². The van der Waals surface area contributed by atoms with Gasteiger partial charge in [0.25, 0.3) is 0 Å². The second-order valence-electron chi connectivity index (χ2n) is 3.95. The molecule has 0 aromatic heterocycles. The summed E-state index contributed by atoms with van der Waals surface area (Å²) in [6, 6.07) is 0. The topological polar surface area (TPSA) is 24.1 Å². The van der Waals surface area contributed by atoms with E-state index in [0.717, 1.165) is 24.6 Å². The Hall–Kier alpha value is -0.310. The van der Waals surface area contributed by atoms with E-state index in [1.54, 1.807) is 0 Å². The second-order valence-corrected chi connectivity index (χ2v) is 4.36. The van der Waals surface area contributed by atoms with Gasteiger partial charge in [0, 0.05) is 13.1 Å². The summed E-state index contributed by atoms with van der Waals surface area (Å²) in [6.45, 7) is 6.38. The Labute approximate surface area is 100 Å². The van der Waals surface area contributed by atoms with Crippen molar-refractivity contribution in [2.45, 2.75) is 58.8 Å². The number of unbranched alkanes of at least 4 members (excludes halogenated alkanes) is 5. The third-order valence-electron chi connectivity index (χ3n) is 2.35. The zero-order valence-corrected chi connectivity index (χ0v) is 11.1. The fourth-order valence-electron chi connectivity index (χ4n) is 1.41. The minimum Gasteiger partial charge on any atom is -0.363 e. The van der Waals surface area contributed by atoms with E-state index in [4.69, 9.17) is 12.2 Å². The van der Waals surface area contributed by atoms with E-state index in [2.05, 4.69) is 24.5 Å².